The van der Waals surface area contributed by atoms with Crippen LogP contribution in [-0.4, -0.2) is 28.6 Å². The normalized spacial score (nSPS) is 16.4. The van der Waals surface area contributed by atoms with Crippen molar-refractivity contribution in [3.63, 3.8) is 0 Å². The molecule has 1 atom stereocenters. The summed E-state index contributed by atoms with van der Waals surface area (Å²) in [6, 6.07) is 6.65. The highest BCUT2D eigenvalue weighted by Gasteiger charge is 2.39. The molecule has 156 valence electrons. The number of hydrogen-bond acceptors (Lipinski definition) is 5. The molecule has 0 saturated heterocycles. The highest BCUT2D eigenvalue weighted by atomic mass is 32.2. The van der Waals surface area contributed by atoms with E-state index in [2.05, 4.69) is 9.46 Å². The third-order valence-electron chi connectivity index (χ3n) is 4.72. The van der Waals surface area contributed by atoms with Gasteiger partial charge in [-0.1, -0.05) is 6.07 Å². The Morgan fingerprint density at radius 3 is 2.48 bits per heavy atom. The topological polar surface area (TPSA) is 81.7 Å². The Balaban J connectivity index is 1.98. The van der Waals surface area contributed by atoms with Gasteiger partial charge in [-0.05, 0) is 54.3 Å². The van der Waals surface area contributed by atoms with Gasteiger partial charge in [0.1, 0.15) is 5.75 Å². The number of alkyl halides is 3. The third kappa shape index (κ3) is 4.23. The Hall–Kier alpha value is -2.59. The van der Waals surface area contributed by atoms with Gasteiger partial charge in [-0.15, -0.1) is 0 Å². The van der Waals surface area contributed by atoms with Crippen LogP contribution in [0.25, 0.3) is 0 Å². The molecule has 0 saturated carbocycles. The predicted octanol–water partition coefficient (Wildman–Crippen LogP) is 3.47. The van der Waals surface area contributed by atoms with Crippen LogP contribution < -0.4 is 9.46 Å². The number of rotatable bonds is 5. The summed E-state index contributed by atoms with van der Waals surface area (Å²) in [4.78, 5) is 10.9. The van der Waals surface area contributed by atoms with Crippen molar-refractivity contribution < 1.29 is 35.9 Å². The van der Waals surface area contributed by atoms with Gasteiger partial charge in [-0.25, -0.2) is 17.9 Å². The highest BCUT2D eigenvalue weighted by molar-refractivity contribution is 7.89. The minimum Gasteiger partial charge on any atom is -0.497 e. The maximum atomic E-state index is 13.4. The SMILES string of the molecule is COC(=O)c1ccc2c(c1)[C@H](NS(=O)(=O)c1ccc(OC)cc1C(F)(F)F)CC2. The summed E-state index contributed by atoms with van der Waals surface area (Å²) >= 11 is 0. The summed E-state index contributed by atoms with van der Waals surface area (Å²) in [5.41, 5.74) is 0.276. The fourth-order valence-corrected chi connectivity index (χ4v) is 4.77. The molecule has 0 amide bonds. The molecule has 2 aromatic carbocycles. The molecule has 0 unspecified atom stereocenters. The van der Waals surface area contributed by atoms with Crippen molar-refractivity contribution in [1.82, 2.24) is 4.72 Å². The molecule has 1 aliphatic carbocycles. The van der Waals surface area contributed by atoms with Gasteiger partial charge in [0.05, 0.1) is 30.2 Å². The first-order valence-electron chi connectivity index (χ1n) is 8.55. The minimum atomic E-state index is -4.88. The number of ether oxygens (including phenoxy) is 2. The molecule has 29 heavy (non-hydrogen) atoms. The lowest BCUT2D eigenvalue weighted by Gasteiger charge is -2.18. The van der Waals surface area contributed by atoms with Gasteiger partial charge >= 0.3 is 12.1 Å². The van der Waals surface area contributed by atoms with Gasteiger partial charge < -0.3 is 9.47 Å². The Kier molecular flexibility index (Phi) is 5.59. The Morgan fingerprint density at radius 1 is 1.14 bits per heavy atom. The molecule has 0 bridgehead atoms. The number of sulfonamides is 1. The molecule has 0 aromatic heterocycles. The molecule has 10 heteroatoms. The van der Waals surface area contributed by atoms with Gasteiger partial charge in [0, 0.05) is 6.04 Å². The molecule has 3 rings (SSSR count). The third-order valence-corrected chi connectivity index (χ3v) is 6.25. The lowest BCUT2D eigenvalue weighted by Crippen LogP contribution is -2.29. The van der Waals surface area contributed by atoms with E-state index in [0.29, 0.717) is 24.5 Å². The smallest absolute Gasteiger partial charge is 0.417 e. The van der Waals surface area contributed by atoms with Crippen molar-refractivity contribution in [2.75, 3.05) is 14.2 Å². The van der Waals surface area contributed by atoms with Crippen LogP contribution in [0.2, 0.25) is 0 Å². The Labute approximate surface area is 165 Å². The Morgan fingerprint density at radius 2 is 1.86 bits per heavy atom. The van der Waals surface area contributed by atoms with E-state index in [1.165, 1.54) is 20.3 Å². The summed E-state index contributed by atoms with van der Waals surface area (Å²) < 4.78 is 77.7. The van der Waals surface area contributed by atoms with E-state index < -0.39 is 38.7 Å². The molecule has 0 spiro atoms. The largest absolute Gasteiger partial charge is 0.497 e. The zero-order valence-corrected chi connectivity index (χ0v) is 16.4. The number of halogens is 3. The number of carbonyl (C=O) groups is 1. The quantitative estimate of drug-likeness (QED) is 0.737. The van der Waals surface area contributed by atoms with Crippen molar-refractivity contribution >= 4 is 16.0 Å². The second-order valence-electron chi connectivity index (χ2n) is 6.48. The van der Waals surface area contributed by atoms with Crippen molar-refractivity contribution in [1.29, 1.82) is 0 Å². The van der Waals surface area contributed by atoms with Gasteiger partial charge in [-0.3, -0.25) is 0 Å². The standard InChI is InChI=1S/C19H18F3NO5S/c1-27-13-6-8-17(15(10-13)19(20,21)22)29(25,26)23-16-7-5-11-3-4-12(9-14(11)16)18(24)28-2/h3-4,6,8-10,16,23H,5,7H2,1-2H3/t16-/m1/s1. The monoisotopic (exact) mass is 429 g/mol. The number of esters is 1. The van der Waals surface area contributed by atoms with Crippen LogP contribution in [0.15, 0.2) is 41.3 Å². The van der Waals surface area contributed by atoms with Crippen LogP contribution in [0.1, 0.15) is 39.5 Å². The second kappa shape index (κ2) is 7.68. The van der Waals surface area contributed by atoms with E-state index >= 15 is 0 Å². The molecule has 0 aliphatic heterocycles. The second-order valence-corrected chi connectivity index (χ2v) is 8.16. The fourth-order valence-electron chi connectivity index (χ4n) is 3.31. The van der Waals surface area contributed by atoms with E-state index in [0.717, 1.165) is 17.7 Å². The lowest BCUT2D eigenvalue weighted by molar-refractivity contribution is -0.140. The fraction of sp³-hybridized carbons (Fsp3) is 0.316. The summed E-state index contributed by atoms with van der Waals surface area (Å²) in [7, 11) is -2.09. The van der Waals surface area contributed by atoms with Gasteiger partial charge in [0.2, 0.25) is 10.0 Å². The van der Waals surface area contributed by atoms with Crippen molar-refractivity contribution in [2.45, 2.75) is 30.0 Å². The van der Waals surface area contributed by atoms with E-state index in [1.54, 1.807) is 12.1 Å². The molecule has 0 heterocycles. The lowest BCUT2D eigenvalue weighted by atomic mass is 10.0. The number of benzene rings is 2. The van der Waals surface area contributed by atoms with Crippen LogP contribution in [-0.2, 0) is 27.4 Å². The predicted molar refractivity (Wildman–Crippen MR) is 97.2 cm³/mol. The van der Waals surface area contributed by atoms with E-state index in [9.17, 15) is 26.4 Å². The Bertz CT molecular complexity index is 1050. The van der Waals surface area contributed by atoms with Crippen LogP contribution in [0.5, 0.6) is 5.75 Å². The van der Waals surface area contributed by atoms with Crippen LogP contribution >= 0.6 is 0 Å². The molecule has 0 radical (unpaired) electrons. The summed E-state index contributed by atoms with van der Waals surface area (Å²) in [5, 5.41) is 0. The molecule has 1 aliphatic rings. The average molecular weight is 429 g/mol. The highest BCUT2D eigenvalue weighted by Crippen LogP contribution is 2.38. The maximum absolute atomic E-state index is 13.4. The van der Waals surface area contributed by atoms with Crippen molar-refractivity contribution in [3.8, 4) is 5.75 Å². The maximum Gasteiger partial charge on any atom is 0.417 e. The van der Waals surface area contributed by atoms with Gasteiger partial charge in [-0.2, -0.15) is 13.2 Å². The molecule has 2 aromatic rings. The van der Waals surface area contributed by atoms with Crippen LogP contribution in [0.3, 0.4) is 0 Å². The molecule has 1 N–H and O–H groups in total. The summed E-state index contributed by atoms with van der Waals surface area (Å²) in [5.74, 6) is -0.693. The summed E-state index contributed by atoms with van der Waals surface area (Å²) in [6.07, 6.45) is -4.00. The van der Waals surface area contributed by atoms with Crippen LogP contribution in [0.4, 0.5) is 13.2 Å². The molecule has 0 fully saturated rings. The molecule has 6 nitrogen and oxygen atoms in total. The number of nitrogens with one attached hydrogen (secondary N) is 1. The zero-order valence-electron chi connectivity index (χ0n) is 15.5. The summed E-state index contributed by atoms with van der Waals surface area (Å²) in [6.45, 7) is 0. The van der Waals surface area contributed by atoms with Crippen LogP contribution in [0, 0.1) is 0 Å². The van der Waals surface area contributed by atoms with Gasteiger partial charge in [0.15, 0.2) is 0 Å². The molecular weight excluding hydrogens is 411 g/mol. The van der Waals surface area contributed by atoms with E-state index in [1.807, 2.05) is 0 Å². The van der Waals surface area contributed by atoms with Crippen molar-refractivity contribution in [2.24, 2.45) is 0 Å². The first-order valence-corrected chi connectivity index (χ1v) is 10.0. The first-order chi connectivity index (χ1) is 13.6. The van der Waals surface area contributed by atoms with Crippen molar-refractivity contribution in [3.05, 3.63) is 58.7 Å². The number of hydrogen-bond donors (Lipinski definition) is 1. The number of methoxy groups -OCH3 is 2. The van der Waals surface area contributed by atoms with Gasteiger partial charge in [0.25, 0.3) is 0 Å². The number of aryl methyl sites for hydroxylation is 1. The van der Waals surface area contributed by atoms with E-state index in [-0.39, 0.29) is 11.3 Å². The zero-order chi connectivity index (χ0) is 21.4. The minimum absolute atomic E-state index is 0.106. The average Bonchev–Trinajstić information content (AvgIpc) is 3.07. The first kappa shape index (κ1) is 21.1. The number of fused-ring (bicyclic) bond motifs is 1. The number of carbonyl (C=O) groups excluding carboxylic acids is 1. The molecular formula is C19H18F3NO5S. The van der Waals surface area contributed by atoms with E-state index in [4.69, 9.17) is 4.74 Å².